The number of fused-ring (bicyclic) bond motifs is 1. The molecule has 1 aliphatic heterocycles. The van der Waals surface area contributed by atoms with E-state index in [2.05, 4.69) is 10.3 Å². The maximum atomic E-state index is 12.6. The minimum Gasteiger partial charge on any atom is -0.501 e. The third kappa shape index (κ3) is 3.66. The molecule has 2 aromatic rings. The van der Waals surface area contributed by atoms with Crippen molar-refractivity contribution >= 4 is 5.91 Å². The second-order valence-corrected chi connectivity index (χ2v) is 6.67. The van der Waals surface area contributed by atoms with Crippen LogP contribution in [-0.2, 0) is 23.4 Å². The van der Waals surface area contributed by atoms with Gasteiger partial charge in [0.25, 0.3) is 11.5 Å². The molecule has 0 bridgehead atoms. The lowest BCUT2D eigenvalue weighted by Gasteiger charge is -2.32. The van der Waals surface area contributed by atoms with E-state index in [0.717, 1.165) is 5.56 Å². The van der Waals surface area contributed by atoms with Gasteiger partial charge in [-0.3, -0.25) is 14.2 Å². The quantitative estimate of drug-likeness (QED) is 0.824. The summed E-state index contributed by atoms with van der Waals surface area (Å²) in [6.45, 7) is 6.70. The molecule has 0 unspecified atom stereocenters. The molecule has 3 rings (SSSR count). The van der Waals surface area contributed by atoms with Gasteiger partial charge in [-0.05, 0) is 26.8 Å². The molecule has 0 fully saturated rings. The molecule has 0 aliphatic carbocycles. The fraction of sp³-hybridized carbons (Fsp3) is 0.421. The molecule has 0 spiro atoms. The summed E-state index contributed by atoms with van der Waals surface area (Å²) >= 11 is 0. The van der Waals surface area contributed by atoms with Gasteiger partial charge >= 0.3 is 0 Å². The number of benzene rings is 1. The Morgan fingerprint density at radius 1 is 1.41 bits per heavy atom. The fourth-order valence-electron chi connectivity index (χ4n) is 3.03. The monoisotopic (exact) mass is 373 g/mol. The first-order valence-electron chi connectivity index (χ1n) is 8.82. The maximum absolute atomic E-state index is 12.6. The molecule has 2 N–H and O–H groups in total. The summed E-state index contributed by atoms with van der Waals surface area (Å²) in [4.78, 5) is 29.3. The zero-order chi connectivity index (χ0) is 19.6. The lowest BCUT2D eigenvalue weighted by molar-refractivity contribution is -0.0566. The van der Waals surface area contributed by atoms with Gasteiger partial charge in [0.05, 0.1) is 19.8 Å². The summed E-state index contributed by atoms with van der Waals surface area (Å²) in [5.74, 6) is -0.318. The van der Waals surface area contributed by atoms with Crippen LogP contribution in [0.15, 0.2) is 29.1 Å². The fourth-order valence-corrected chi connectivity index (χ4v) is 3.03. The highest BCUT2D eigenvalue weighted by atomic mass is 16.5. The van der Waals surface area contributed by atoms with Gasteiger partial charge in [-0.2, -0.15) is 0 Å². The highest BCUT2D eigenvalue weighted by molar-refractivity contribution is 5.94. The van der Waals surface area contributed by atoms with Gasteiger partial charge in [0.1, 0.15) is 17.2 Å². The van der Waals surface area contributed by atoms with Crippen molar-refractivity contribution in [1.29, 1.82) is 0 Å². The van der Waals surface area contributed by atoms with Crippen molar-refractivity contribution in [1.82, 2.24) is 14.9 Å². The number of nitrogens with one attached hydrogen (secondary N) is 1. The Bertz CT molecular complexity index is 920. The van der Waals surface area contributed by atoms with Gasteiger partial charge in [-0.15, -0.1) is 0 Å². The van der Waals surface area contributed by atoms with Crippen LogP contribution in [0.1, 0.15) is 42.6 Å². The predicted octanol–water partition coefficient (Wildman–Crippen LogP) is 1.54. The molecule has 0 saturated heterocycles. The van der Waals surface area contributed by atoms with Crippen molar-refractivity contribution in [3.63, 3.8) is 0 Å². The van der Waals surface area contributed by atoms with Crippen molar-refractivity contribution in [2.24, 2.45) is 0 Å². The number of para-hydroxylation sites is 1. The topological polar surface area (TPSA) is 103 Å². The van der Waals surface area contributed by atoms with Crippen molar-refractivity contribution in [3.8, 4) is 11.5 Å². The Kier molecular flexibility index (Phi) is 5.18. The molecule has 0 radical (unpaired) electrons. The summed E-state index contributed by atoms with van der Waals surface area (Å²) in [5, 5.41) is 12.9. The Labute approximate surface area is 156 Å². The van der Waals surface area contributed by atoms with Gasteiger partial charge < -0.3 is 19.9 Å². The van der Waals surface area contributed by atoms with Gasteiger partial charge in [0.15, 0.2) is 5.69 Å². The average Bonchev–Trinajstić information content (AvgIpc) is 2.64. The number of hydrogen-bond acceptors (Lipinski definition) is 6. The molecule has 27 heavy (non-hydrogen) atoms. The van der Waals surface area contributed by atoms with Crippen LogP contribution in [0, 0.1) is 0 Å². The molecule has 0 atom stereocenters. The molecule has 1 aromatic heterocycles. The summed E-state index contributed by atoms with van der Waals surface area (Å²) in [7, 11) is 0. The van der Waals surface area contributed by atoms with Gasteiger partial charge in [-0.25, -0.2) is 4.98 Å². The number of ether oxygens (including phenoxy) is 2. The number of hydrogen-bond donors (Lipinski definition) is 2. The highest BCUT2D eigenvalue weighted by Gasteiger charge is 2.34. The summed E-state index contributed by atoms with van der Waals surface area (Å²) in [5.41, 5.74) is -0.998. The number of carbonyl (C=O) groups excluding carboxylic acids is 1. The van der Waals surface area contributed by atoms with Crippen LogP contribution in [0.4, 0.5) is 0 Å². The van der Waals surface area contributed by atoms with Crippen molar-refractivity contribution in [3.05, 3.63) is 51.7 Å². The number of rotatable bonds is 5. The number of nitrogens with zero attached hydrogens (tertiary/aromatic N) is 2. The van der Waals surface area contributed by atoms with Crippen LogP contribution < -0.4 is 15.6 Å². The Balaban J connectivity index is 1.88. The summed E-state index contributed by atoms with van der Waals surface area (Å²) in [6, 6.07) is 7.32. The van der Waals surface area contributed by atoms with Crippen LogP contribution in [-0.4, -0.2) is 33.8 Å². The largest absolute Gasteiger partial charge is 0.501 e. The zero-order valence-corrected chi connectivity index (χ0v) is 15.6. The summed E-state index contributed by atoms with van der Waals surface area (Å²) < 4.78 is 12.5. The normalized spacial score (nSPS) is 15.1. The zero-order valence-electron chi connectivity index (χ0n) is 15.6. The Morgan fingerprint density at radius 3 is 2.89 bits per heavy atom. The lowest BCUT2D eigenvalue weighted by Crippen LogP contribution is -2.42. The number of aromatic nitrogens is 2. The molecule has 8 nitrogen and oxygen atoms in total. The van der Waals surface area contributed by atoms with E-state index < -0.39 is 22.8 Å². The lowest BCUT2D eigenvalue weighted by atomic mass is 10.1. The van der Waals surface area contributed by atoms with Crippen LogP contribution >= 0.6 is 0 Å². The number of amides is 1. The molecule has 1 aromatic carbocycles. The SMILES string of the molecule is CCOc1ccccc1CNC(=O)c1nc2n(c(=O)c1O)CCOC2(C)C. The standard InChI is InChI=1S/C19H23N3O5/c1-4-26-13-8-6-5-7-12(13)11-20-16(24)14-15(23)17(25)22-9-10-27-19(2,3)18(22)21-14/h5-8,23H,4,9-11H2,1-3H3,(H,20,24). The molecule has 1 amide bonds. The van der Waals surface area contributed by atoms with E-state index in [1.807, 2.05) is 31.2 Å². The smallest absolute Gasteiger partial charge is 0.296 e. The van der Waals surface area contributed by atoms with Gasteiger partial charge in [0, 0.05) is 12.1 Å². The van der Waals surface area contributed by atoms with Gasteiger partial charge in [0.2, 0.25) is 5.75 Å². The van der Waals surface area contributed by atoms with Crippen molar-refractivity contribution in [2.45, 2.75) is 39.5 Å². The Morgan fingerprint density at radius 2 is 2.15 bits per heavy atom. The number of aromatic hydroxyl groups is 1. The van der Waals surface area contributed by atoms with Crippen LogP contribution in [0.2, 0.25) is 0 Å². The second kappa shape index (κ2) is 7.40. The van der Waals surface area contributed by atoms with Crippen molar-refractivity contribution in [2.75, 3.05) is 13.2 Å². The van der Waals surface area contributed by atoms with Crippen LogP contribution in [0.5, 0.6) is 11.5 Å². The second-order valence-electron chi connectivity index (χ2n) is 6.67. The number of carbonyl (C=O) groups is 1. The van der Waals surface area contributed by atoms with E-state index in [1.54, 1.807) is 13.8 Å². The van der Waals surface area contributed by atoms with Crippen LogP contribution in [0.25, 0.3) is 0 Å². The first kappa shape index (κ1) is 18.9. The van der Waals surface area contributed by atoms with Crippen molar-refractivity contribution < 1.29 is 19.4 Å². The molecule has 144 valence electrons. The molecule has 0 saturated carbocycles. The first-order chi connectivity index (χ1) is 12.8. The summed E-state index contributed by atoms with van der Waals surface area (Å²) in [6.07, 6.45) is 0. The first-order valence-corrected chi connectivity index (χ1v) is 8.82. The van der Waals surface area contributed by atoms with E-state index in [1.165, 1.54) is 4.57 Å². The Hall–Kier alpha value is -2.87. The van der Waals surface area contributed by atoms with E-state index in [9.17, 15) is 14.7 Å². The predicted molar refractivity (Wildman–Crippen MR) is 97.9 cm³/mol. The van der Waals surface area contributed by atoms with E-state index in [0.29, 0.717) is 24.8 Å². The molecule has 2 heterocycles. The maximum Gasteiger partial charge on any atom is 0.296 e. The average molecular weight is 373 g/mol. The van der Waals surface area contributed by atoms with E-state index in [4.69, 9.17) is 9.47 Å². The minimum atomic E-state index is -0.832. The molecular formula is C19H23N3O5. The van der Waals surface area contributed by atoms with E-state index >= 15 is 0 Å². The highest BCUT2D eigenvalue weighted by Crippen LogP contribution is 2.27. The third-order valence-electron chi connectivity index (χ3n) is 4.39. The van der Waals surface area contributed by atoms with Gasteiger partial charge in [-0.1, -0.05) is 18.2 Å². The van der Waals surface area contributed by atoms with Crippen LogP contribution in [0.3, 0.4) is 0 Å². The molecule has 1 aliphatic rings. The minimum absolute atomic E-state index is 0.175. The molecule has 8 heteroatoms. The van der Waals surface area contributed by atoms with E-state index in [-0.39, 0.29) is 18.8 Å². The molecular weight excluding hydrogens is 350 g/mol. The third-order valence-corrected chi connectivity index (χ3v) is 4.39.